The summed E-state index contributed by atoms with van der Waals surface area (Å²) in [5.41, 5.74) is 2.96. The van der Waals surface area contributed by atoms with Crippen LogP contribution >= 0.6 is 27.7 Å². The van der Waals surface area contributed by atoms with Crippen molar-refractivity contribution < 1.29 is 23.2 Å². The molecule has 0 aliphatic heterocycles. The third kappa shape index (κ3) is 8.62. The molecule has 1 atom stereocenters. The highest BCUT2D eigenvalue weighted by molar-refractivity contribution is 9.10. The molecule has 0 spiro atoms. The Morgan fingerprint density at radius 2 is 1.59 bits per heavy atom. The third-order valence-corrected chi connectivity index (χ3v) is 8.37. The van der Waals surface area contributed by atoms with E-state index in [1.807, 2.05) is 31.2 Å². The number of thioether (sulfide) groups is 1. The smallest absolute Gasteiger partial charge is 0.272 e. The van der Waals surface area contributed by atoms with E-state index in [1.54, 1.807) is 79.7 Å². The molecule has 0 radical (unpaired) electrons. The Balaban J connectivity index is 1.28. The number of hydrogen-bond acceptors (Lipinski definition) is 5. The highest BCUT2D eigenvalue weighted by Crippen LogP contribution is 2.28. The molecular formula is C36H29BrFN3O4S. The summed E-state index contributed by atoms with van der Waals surface area (Å²) in [5, 5.41) is 7.60. The molecule has 4 aromatic carbocycles. The van der Waals surface area contributed by atoms with Gasteiger partial charge in [0, 0.05) is 32.3 Å². The van der Waals surface area contributed by atoms with E-state index >= 15 is 0 Å². The van der Waals surface area contributed by atoms with E-state index < -0.39 is 22.9 Å². The van der Waals surface area contributed by atoms with E-state index in [-0.39, 0.29) is 17.3 Å². The molecule has 0 aliphatic rings. The van der Waals surface area contributed by atoms with Gasteiger partial charge in [-0.25, -0.2) is 4.39 Å². The molecular weight excluding hydrogens is 669 g/mol. The molecule has 0 unspecified atom stereocenters. The molecule has 0 saturated heterocycles. The predicted octanol–water partition coefficient (Wildman–Crippen LogP) is 8.69. The number of halogens is 2. The fraction of sp³-hybridized carbons (Fsp3) is 0.0833. The van der Waals surface area contributed by atoms with Gasteiger partial charge in [0.15, 0.2) is 0 Å². The summed E-state index contributed by atoms with van der Waals surface area (Å²) in [6.45, 7) is 3.72. The van der Waals surface area contributed by atoms with Gasteiger partial charge in [-0.1, -0.05) is 64.0 Å². The molecule has 232 valence electrons. The van der Waals surface area contributed by atoms with E-state index in [2.05, 4.69) is 31.9 Å². The molecule has 0 saturated carbocycles. The molecule has 3 N–H and O–H groups in total. The second kappa shape index (κ2) is 14.9. The number of carbonyl (C=O) groups is 3. The van der Waals surface area contributed by atoms with Crippen molar-refractivity contribution in [2.24, 2.45) is 0 Å². The second-order valence-corrected chi connectivity index (χ2v) is 12.6. The maximum absolute atomic E-state index is 14.2. The van der Waals surface area contributed by atoms with Crippen LogP contribution in [-0.4, -0.2) is 23.0 Å². The fourth-order valence-corrected chi connectivity index (χ4v) is 5.49. The summed E-state index contributed by atoms with van der Waals surface area (Å²) >= 11 is 4.49. The minimum absolute atomic E-state index is 0.0115. The van der Waals surface area contributed by atoms with Crippen molar-refractivity contribution in [1.29, 1.82) is 0 Å². The largest absolute Gasteiger partial charge is 0.457 e. The molecule has 5 aromatic rings. The van der Waals surface area contributed by atoms with Crippen molar-refractivity contribution in [3.63, 3.8) is 0 Å². The zero-order valence-electron chi connectivity index (χ0n) is 24.8. The molecule has 1 heterocycles. The van der Waals surface area contributed by atoms with Crippen LogP contribution in [0, 0.1) is 12.7 Å². The van der Waals surface area contributed by atoms with Crippen LogP contribution < -0.4 is 16.0 Å². The lowest BCUT2D eigenvalue weighted by Crippen LogP contribution is -2.30. The Kier molecular flexibility index (Phi) is 10.5. The topological polar surface area (TPSA) is 100 Å². The molecule has 0 bridgehead atoms. The van der Waals surface area contributed by atoms with E-state index in [0.717, 1.165) is 16.0 Å². The van der Waals surface area contributed by atoms with E-state index in [1.165, 1.54) is 30.0 Å². The Bertz CT molecular complexity index is 1890. The van der Waals surface area contributed by atoms with Crippen LogP contribution in [0.25, 0.3) is 17.4 Å². The van der Waals surface area contributed by atoms with Crippen molar-refractivity contribution in [2.75, 3.05) is 10.6 Å². The number of rotatable bonds is 10. The SMILES string of the molecule is Cc1ccc(-c2ccc(/C=C(/NC(=O)c3ccccc3)C(=O)Nc3ccc(S[C@@H](C)C(=O)Nc4ccc(Br)cc4F)cc3)o2)cc1. The number of carbonyl (C=O) groups excluding carboxylic acids is 3. The Labute approximate surface area is 278 Å². The molecule has 0 fully saturated rings. The van der Waals surface area contributed by atoms with Gasteiger partial charge < -0.3 is 20.4 Å². The number of aryl methyl sites for hydroxylation is 1. The monoisotopic (exact) mass is 697 g/mol. The average molecular weight is 699 g/mol. The third-order valence-electron chi connectivity index (χ3n) is 6.76. The van der Waals surface area contributed by atoms with Crippen molar-refractivity contribution >= 4 is 62.9 Å². The highest BCUT2D eigenvalue weighted by atomic mass is 79.9. The van der Waals surface area contributed by atoms with Gasteiger partial charge in [-0.15, -0.1) is 11.8 Å². The number of nitrogens with one attached hydrogen (secondary N) is 3. The molecule has 10 heteroatoms. The minimum atomic E-state index is -0.553. The van der Waals surface area contributed by atoms with Crippen molar-refractivity contribution in [3.8, 4) is 11.3 Å². The Morgan fingerprint density at radius 3 is 2.28 bits per heavy atom. The van der Waals surface area contributed by atoms with Crippen molar-refractivity contribution in [2.45, 2.75) is 24.0 Å². The standard InChI is InChI=1S/C36H29BrFN3O4S/c1-22-8-10-24(11-9-22)33-19-15-28(45-33)21-32(41-35(43)25-6-4-3-5-7-25)36(44)39-27-13-16-29(17-14-27)46-23(2)34(42)40-31-18-12-26(37)20-30(31)38/h3-21,23H,1-2H3,(H,39,44)(H,40,42)(H,41,43)/b32-21+/t23-/m0/s1. The highest BCUT2D eigenvalue weighted by Gasteiger charge is 2.18. The van der Waals surface area contributed by atoms with Gasteiger partial charge in [-0.3, -0.25) is 14.4 Å². The molecule has 0 aliphatic carbocycles. The average Bonchev–Trinajstić information content (AvgIpc) is 3.52. The van der Waals surface area contributed by atoms with Crippen molar-refractivity contribution in [3.05, 3.63) is 142 Å². The van der Waals surface area contributed by atoms with Gasteiger partial charge in [0.1, 0.15) is 23.0 Å². The van der Waals surface area contributed by atoms with Crippen LogP contribution in [0.1, 0.15) is 28.6 Å². The van der Waals surface area contributed by atoms with Gasteiger partial charge in [-0.2, -0.15) is 0 Å². The number of furan rings is 1. The zero-order valence-corrected chi connectivity index (χ0v) is 27.2. The Morgan fingerprint density at radius 1 is 0.870 bits per heavy atom. The lowest BCUT2D eigenvalue weighted by atomic mass is 10.1. The first kappa shape index (κ1) is 32.5. The van der Waals surface area contributed by atoms with Crippen LogP contribution in [-0.2, 0) is 9.59 Å². The zero-order chi connectivity index (χ0) is 32.6. The fourth-order valence-electron chi connectivity index (χ4n) is 4.29. The molecule has 46 heavy (non-hydrogen) atoms. The van der Waals surface area contributed by atoms with Crippen LogP contribution in [0.4, 0.5) is 15.8 Å². The van der Waals surface area contributed by atoms with Crippen LogP contribution in [0.2, 0.25) is 0 Å². The lowest BCUT2D eigenvalue weighted by molar-refractivity contribution is -0.115. The normalized spacial score (nSPS) is 11.9. The van der Waals surface area contributed by atoms with Crippen LogP contribution in [0.5, 0.6) is 0 Å². The molecule has 3 amide bonds. The Hall–Kier alpha value is -4.93. The summed E-state index contributed by atoms with van der Waals surface area (Å²) < 4.78 is 20.7. The quantitative estimate of drug-likeness (QED) is 0.100. The first-order chi connectivity index (χ1) is 22.1. The first-order valence-electron chi connectivity index (χ1n) is 14.2. The number of benzene rings is 4. The number of anilines is 2. The van der Waals surface area contributed by atoms with E-state index in [9.17, 15) is 18.8 Å². The first-order valence-corrected chi connectivity index (χ1v) is 15.9. The summed E-state index contributed by atoms with van der Waals surface area (Å²) in [6, 6.07) is 31.3. The predicted molar refractivity (Wildman–Crippen MR) is 184 cm³/mol. The van der Waals surface area contributed by atoms with Gasteiger partial charge >= 0.3 is 0 Å². The molecule has 7 nitrogen and oxygen atoms in total. The molecule has 1 aromatic heterocycles. The van der Waals surface area contributed by atoms with Gasteiger partial charge in [0.2, 0.25) is 5.91 Å². The number of hydrogen-bond donors (Lipinski definition) is 3. The van der Waals surface area contributed by atoms with E-state index in [4.69, 9.17) is 4.42 Å². The minimum Gasteiger partial charge on any atom is -0.457 e. The maximum atomic E-state index is 14.2. The van der Waals surface area contributed by atoms with Crippen molar-refractivity contribution in [1.82, 2.24) is 5.32 Å². The molecule has 5 rings (SSSR count). The summed E-state index contributed by atoms with van der Waals surface area (Å²) in [6.07, 6.45) is 1.48. The van der Waals surface area contributed by atoms with Gasteiger partial charge in [0.05, 0.1) is 10.9 Å². The van der Waals surface area contributed by atoms with Crippen LogP contribution in [0.3, 0.4) is 0 Å². The summed E-state index contributed by atoms with van der Waals surface area (Å²) in [7, 11) is 0. The summed E-state index contributed by atoms with van der Waals surface area (Å²) in [5.74, 6) is -0.880. The van der Waals surface area contributed by atoms with Gasteiger partial charge in [0.25, 0.3) is 11.8 Å². The number of amides is 3. The summed E-state index contributed by atoms with van der Waals surface area (Å²) in [4.78, 5) is 39.9. The lowest BCUT2D eigenvalue weighted by Gasteiger charge is -2.14. The van der Waals surface area contributed by atoms with E-state index in [0.29, 0.717) is 27.2 Å². The maximum Gasteiger partial charge on any atom is 0.272 e. The van der Waals surface area contributed by atoms with Gasteiger partial charge in [-0.05, 0) is 80.6 Å². The second-order valence-electron chi connectivity index (χ2n) is 10.3. The van der Waals surface area contributed by atoms with Crippen LogP contribution in [0.15, 0.2) is 129 Å².